The van der Waals surface area contributed by atoms with Crippen LogP contribution in [-0.2, 0) is 11.3 Å². The summed E-state index contributed by atoms with van der Waals surface area (Å²) in [7, 11) is 2.01. The van der Waals surface area contributed by atoms with Crippen molar-refractivity contribution in [3.8, 4) is 0 Å². The first-order chi connectivity index (χ1) is 13.5. The fourth-order valence-corrected chi connectivity index (χ4v) is 2.95. The van der Waals surface area contributed by atoms with Crippen LogP contribution < -0.4 is 15.5 Å². The van der Waals surface area contributed by atoms with Gasteiger partial charge in [-0.05, 0) is 36.8 Å². The van der Waals surface area contributed by atoms with Crippen molar-refractivity contribution in [3.63, 3.8) is 0 Å². The van der Waals surface area contributed by atoms with Gasteiger partial charge < -0.3 is 25.2 Å². The summed E-state index contributed by atoms with van der Waals surface area (Å²) in [6.45, 7) is 4.14. The molecule has 0 bridgehead atoms. The van der Waals surface area contributed by atoms with Crippen molar-refractivity contribution in [3.05, 3.63) is 60.2 Å². The zero-order valence-electron chi connectivity index (χ0n) is 16.2. The smallest absolute Gasteiger partial charge is 0.410 e. The molecule has 7 nitrogen and oxygen atoms in total. The number of likely N-dealkylation sites (N-methyl/N-ethyl adjacent to an activating group) is 1. The molecule has 0 saturated carbocycles. The van der Waals surface area contributed by atoms with Crippen LogP contribution in [0.5, 0.6) is 0 Å². The van der Waals surface area contributed by atoms with Gasteiger partial charge in [0.1, 0.15) is 6.61 Å². The molecule has 3 rings (SSSR count). The van der Waals surface area contributed by atoms with Gasteiger partial charge in [0.05, 0.1) is 6.54 Å². The second-order valence-corrected chi connectivity index (χ2v) is 6.86. The maximum atomic E-state index is 12.2. The van der Waals surface area contributed by atoms with E-state index in [4.69, 9.17) is 4.74 Å². The van der Waals surface area contributed by atoms with Gasteiger partial charge in [0.15, 0.2) is 0 Å². The van der Waals surface area contributed by atoms with Crippen molar-refractivity contribution in [1.29, 1.82) is 0 Å². The van der Waals surface area contributed by atoms with Crippen molar-refractivity contribution in [1.82, 2.24) is 10.2 Å². The SMILES string of the molecule is C[C@@H](CNC(=O)Nc1ccc(CN2CCOC2=O)cc1)N(C)c1ccccc1. The van der Waals surface area contributed by atoms with Crippen LogP contribution in [-0.4, -0.2) is 49.8 Å². The molecular weight excluding hydrogens is 356 g/mol. The molecular formula is C21H26N4O3. The Hall–Kier alpha value is -3.22. The van der Waals surface area contributed by atoms with Crippen LogP contribution >= 0.6 is 0 Å². The Labute approximate surface area is 165 Å². The van der Waals surface area contributed by atoms with Gasteiger partial charge in [0.2, 0.25) is 0 Å². The summed E-state index contributed by atoms with van der Waals surface area (Å²) in [4.78, 5) is 27.4. The van der Waals surface area contributed by atoms with Crippen LogP contribution in [0.15, 0.2) is 54.6 Å². The predicted molar refractivity (Wildman–Crippen MR) is 110 cm³/mol. The predicted octanol–water partition coefficient (Wildman–Crippen LogP) is 3.29. The van der Waals surface area contributed by atoms with Gasteiger partial charge in [-0.15, -0.1) is 0 Å². The Morgan fingerprint density at radius 2 is 1.89 bits per heavy atom. The minimum atomic E-state index is -0.281. The highest BCUT2D eigenvalue weighted by atomic mass is 16.6. The average molecular weight is 382 g/mol. The van der Waals surface area contributed by atoms with Gasteiger partial charge in [-0.1, -0.05) is 30.3 Å². The number of benzene rings is 2. The first-order valence-corrected chi connectivity index (χ1v) is 9.36. The fraction of sp³-hybridized carbons (Fsp3) is 0.333. The molecule has 0 aromatic heterocycles. The van der Waals surface area contributed by atoms with Crippen molar-refractivity contribution in [2.45, 2.75) is 19.5 Å². The summed E-state index contributed by atoms with van der Waals surface area (Å²) < 4.78 is 4.92. The number of ether oxygens (including phenoxy) is 1. The zero-order chi connectivity index (χ0) is 19.9. The third-order valence-corrected chi connectivity index (χ3v) is 4.81. The van der Waals surface area contributed by atoms with Gasteiger partial charge in [-0.3, -0.25) is 0 Å². The second-order valence-electron chi connectivity index (χ2n) is 6.86. The summed E-state index contributed by atoms with van der Waals surface area (Å²) in [5.74, 6) is 0. The quantitative estimate of drug-likeness (QED) is 0.771. The number of hydrogen-bond donors (Lipinski definition) is 2. The van der Waals surface area contributed by atoms with E-state index < -0.39 is 0 Å². The minimum absolute atomic E-state index is 0.149. The lowest BCUT2D eigenvalue weighted by molar-refractivity contribution is 0.157. The summed E-state index contributed by atoms with van der Waals surface area (Å²) >= 11 is 0. The maximum Gasteiger partial charge on any atom is 0.410 e. The number of carbonyl (C=O) groups excluding carboxylic acids is 2. The number of nitrogens with zero attached hydrogens (tertiary/aromatic N) is 2. The lowest BCUT2D eigenvalue weighted by atomic mass is 10.2. The Morgan fingerprint density at radius 3 is 2.54 bits per heavy atom. The number of nitrogens with one attached hydrogen (secondary N) is 2. The number of para-hydroxylation sites is 1. The number of carbonyl (C=O) groups is 2. The van der Waals surface area contributed by atoms with E-state index in [0.717, 1.165) is 11.3 Å². The molecule has 2 aromatic carbocycles. The number of rotatable bonds is 7. The number of cyclic esters (lactones) is 1. The van der Waals surface area contributed by atoms with Crippen LogP contribution in [0, 0.1) is 0 Å². The Kier molecular flexibility index (Phi) is 6.37. The van der Waals surface area contributed by atoms with Gasteiger partial charge >= 0.3 is 12.1 Å². The highest BCUT2D eigenvalue weighted by Gasteiger charge is 2.21. The lowest BCUT2D eigenvalue weighted by Gasteiger charge is -2.27. The molecule has 7 heteroatoms. The molecule has 1 aliphatic rings. The zero-order valence-corrected chi connectivity index (χ0v) is 16.2. The van der Waals surface area contributed by atoms with Gasteiger partial charge in [0.25, 0.3) is 0 Å². The molecule has 0 radical (unpaired) electrons. The summed E-state index contributed by atoms with van der Waals surface area (Å²) in [5, 5.41) is 5.73. The third-order valence-electron chi connectivity index (χ3n) is 4.81. The van der Waals surface area contributed by atoms with E-state index in [9.17, 15) is 9.59 Å². The van der Waals surface area contributed by atoms with Crippen LogP contribution in [0.4, 0.5) is 21.0 Å². The number of amides is 3. The molecule has 1 aliphatic heterocycles. The topological polar surface area (TPSA) is 73.9 Å². The first-order valence-electron chi connectivity index (χ1n) is 9.36. The third kappa shape index (κ3) is 5.16. The Bertz CT molecular complexity index is 795. The maximum absolute atomic E-state index is 12.2. The van der Waals surface area contributed by atoms with Crippen molar-refractivity contribution < 1.29 is 14.3 Å². The molecule has 1 fully saturated rings. The van der Waals surface area contributed by atoms with E-state index in [1.165, 1.54) is 0 Å². The van der Waals surface area contributed by atoms with Crippen molar-refractivity contribution in [2.75, 3.05) is 37.0 Å². The first kappa shape index (κ1) is 19.5. The van der Waals surface area contributed by atoms with E-state index in [-0.39, 0.29) is 18.2 Å². The molecule has 0 aliphatic carbocycles. The molecule has 28 heavy (non-hydrogen) atoms. The van der Waals surface area contributed by atoms with Crippen molar-refractivity contribution in [2.24, 2.45) is 0 Å². The Balaban J connectivity index is 1.44. The average Bonchev–Trinajstić information content (AvgIpc) is 3.12. The van der Waals surface area contributed by atoms with Crippen molar-refractivity contribution >= 4 is 23.5 Å². The molecule has 1 heterocycles. The fourth-order valence-electron chi connectivity index (χ4n) is 2.95. The highest BCUT2D eigenvalue weighted by Crippen LogP contribution is 2.15. The van der Waals surface area contributed by atoms with E-state index in [0.29, 0.717) is 31.9 Å². The largest absolute Gasteiger partial charge is 0.448 e. The van der Waals surface area contributed by atoms with E-state index >= 15 is 0 Å². The van der Waals surface area contributed by atoms with Crippen LogP contribution in [0.1, 0.15) is 12.5 Å². The normalized spacial score (nSPS) is 14.4. The lowest BCUT2D eigenvalue weighted by Crippen LogP contribution is -2.41. The monoisotopic (exact) mass is 382 g/mol. The number of anilines is 2. The summed E-state index contributed by atoms with van der Waals surface area (Å²) in [6.07, 6.45) is -0.281. The summed E-state index contributed by atoms with van der Waals surface area (Å²) in [6, 6.07) is 17.4. The van der Waals surface area contributed by atoms with Gasteiger partial charge in [-0.2, -0.15) is 0 Å². The molecule has 2 aromatic rings. The molecule has 0 spiro atoms. The number of hydrogen-bond acceptors (Lipinski definition) is 4. The van der Waals surface area contributed by atoms with E-state index in [2.05, 4.69) is 22.5 Å². The van der Waals surface area contributed by atoms with E-state index in [1.54, 1.807) is 4.90 Å². The second kappa shape index (κ2) is 9.12. The minimum Gasteiger partial charge on any atom is -0.448 e. The van der Waals surface area contributed by atoms with Crippen LogP contribution in [0.25, 0.3) is 0 Å². The van der Waals surface area contributed by atoms with Gasteiger partial charge in [0, 0.05) is 37.6 Å². The van der Waals surface area contributed by atoms with E-state index in [1.807, 2.05) is 61.6 Å². The van der Waals surface area contributed by atoms with Crippen LogP contribution in [0.2, 0.25) is 0 Å². The van der Waals surface area contributed by atoms with Crippen LogP contribution in [0.3, 0.4) is 0 Å². The molecule has 1 atom stereocenters. The Morgan fingerprint density at radius 1 is 1.18 bits per heavy atom. The molecule has 1 saturated heterocycles. The molecule has 3 amide bonds. The highest BCUT2D eigenvalue weighted by molar-refractivity contribution is 5.89. The molecule has 0 unspecified atom stereocenters. The summed E-state index contributed by atoms with van der Waals surface area (Å²) in [5.41, 5.74) is 2.80. The van der Waals surface area contributed by atoms with Gasteiger partial charge in [-0.25, -0.2) is 9.59 Å². The molecule has 148 valence electrons. The molecule has 2 N–H and O–H groups in total. The number of urea groups is 1. The standard InChI is InChI=1S/C21H26N4O3/c1-16(24(2)19-6-4-3-5-7-19)14-22-20(26)23-18-10-8-17(9-11-18)15-25-12-13-28-21(25)27/h3-11,16H,12-15H2,1-2H3,(H2,22,23,26)/t16-/m0/s1.